The lowest BCUT2D eigenvalue weighted by Gasteiger charge is -2.69. The van der Waals surface area contributed by atoms with Crippen molar-refractivity contribution in [2.45, 2.75) is 172 Å². The van der Waals surface area contributed by atoms with Crippen LogP contribution in [-0.2, 0) is 16.6 Å². The second-order valence-corrected chi connectivity index (χ2v) is 16.7. The summed E-state index contributed by atoms with van der Waals surface area (Å²) in [6.07, 6.45) is 25.7. The van der Waals surface area contributed by atoms with Crippen LogP contribution in [0.1, 0.15) is 165 Å². The van der Waals surface area contributed by atoms with Crippen molar-refractivity contribution in [2.24, 2.45) is 23.7 Å². The number of unbranched alkanes of at least 4 members (excludes halogenated alkanes) is 13. The SMILES string of the molecule is CCCCCCCCCCCCCCCCOC(=O)Oc1ccc2c3c1C1CC1[C@H]1C(C)CCC4(O)C(C2)N(CC2CC2)CC[C@]314. The molecule has 0 aromatic heterocycles. The van der Waals surface area contributed by atoms with E-state index in [2.05, 4.69) is 30.9 Å². The Balaban J connectivity index is 0.912. The van der Waals surface area contributed by atoms with Gasteiger partial charge in [-0.3, -0.25) is 4.90 Å². The summed E-state index contributed by atoms with van der Waals surface area (Å²) in [6.45, 7) is 7.42. The number of carbonyl (C=O) groups is 1. The van der Waals surface area contributed by atoms with Crippen LogP contribution >= 0.6 is 0 Å². The predicted molar refractivity (Wildman–Crippen MR) is 184 cm³/mol. The molecule has 1 aromatic carbocycles. The Morgan fingerprint density at radius 3 is 2.26 bits per heavy atom. The summed E-state index contributed by atoms with van der Waals surface area (Å²) in [4.78, 5) is 15.7. The first-order valence-corrected chi connectivity index (χ1v) is 19.9. The van der Waals surface area contributed by atoms with Gasteiger partial charge in [-0.2, -0.15) is 0 Å². The maximum absolute atomic E-state index is 13.0. The third-order valence-electron chi connectivity index (χ3n) is 13.6. The van der Waals surface area contributed by atoms with E-state index >= 15 is 0 Å². The molecule has 0 amide bonds. The molecule has 7 rings (SSSR count). The van der Waals surface area contributed by atoms with Crippen molar-refractivity contribution in [2.75, 3.05) is 19.7 Å². The van der Waals surface area contributed by atoms with Gasteiger partial charge in [0.25, 0.3) is 0 Å². The van der Waals surface area contributed by atoms with Gasteiger partial charge in [0.1, 0.15) is 5.75 Å². The highest BCUT2D eigenvalue weighted by molar-refractivity contribution is 5.68. The molecule has 2 bridgehead atoms. The highest BCUT2D eigenvalue weighted by Gasteiger charge is 2.74. The first-order chi connectivity index (χ1) is 22.5. The lowest BCUT2D eigenvalue weighted by atomic mass is 9.41. The van der Waals surface area contributed by atoms with Crippen LogP contribution in [-0.4, -0.2) is 47.5 Å². The van der Waals surface area contributed by atoms with E-state index in [0.29, 0.717) is 36.0 Å². The van der Waals surface area contributed by atoms with Gasteiger partial charge in [0.2, 0.25) is 0 Å². The van der Waals surface area contributed by atoms with Crippen molar-refractivity contribution in [3.8, 4) is 5.75 Å². The summed E-state index contributed by atoms with van der Waals surface area (Å²) in [5, 5.41) is 12.9. The van der Waals surface area contributed by atoms with E-state index in [1.165, 1.54) is 113 Å². The summed E-state index contributed by atoms with van der Waals surface area (Å²) >= 11 is 0. The van der Waals surface area contributed by atoms with Crippen LogP contribution in [0.4, 0.5) is 4.79 Å². The molecule has 256 valence electrons. The van der Waals surface area contributed by atoms with Crippen molar-refractivity contribution in [3.05, 3.63) is 28.8 Å². The van der Waals surface area contributed by atoms with Crippen molar-refractivity contribution in [1.29, 1.82) is 0 Å². The third kappa shape index (κ3) is 6.19. The molecule has 1 heterocycles. The molecule has 5 aliphatic carbocycles. The Kier molecular flexibility index (Phi) is 10.1. The fourth-order valence-electron chi connectivity index (χ4n) is 11.2. The quantitative estimate of drug-likeness (QED) is 0.0991. The van der Waals surface area contributed by atoms with Crippen LogP contribution in [0.5, 0.6) is 5.75 Å². The molecule has 6 aliphatic rings. The number of carbonyl (C=O) groups excluding carboxylic acids is 1. The van der Waals surface area contributed by atoms with E-state index in [1.807, 2.05) is 0 Å². The molecular formula is C41H63NO4. The number of aliphatic hydroxyl groups is 1. The minimum absolute atomic E-state index is 0.201. The van der Waals surface area contributed by atoms with Crippen molar-refractivity contribution in [1.82, 2.24) is 4.90 Å². The van der Waals surface area contributed by atoms with E-state index in [4.69, 9.17) is 9.47 Å². The van der Waals surface area contributed by atoms with Crippen molar-refractivity contribution in [3.63, 3.8) is 0 Å². The number of piperidine rings is 1. The van der Waals surface area contributed by atoms with E-state index in [9.17, 15) is 9.90 Å². The molecule has 1 spiro atoms. The molecule has 1 N–H and O–H groups in total. The largest absolute Gasteiger partial charge is 0.513 e. The number of rotatable bonds is 18. The van der Waals surface area contributed by atoms with E-state index in [0.717, 1.165) is 57.5 Å². The summed E-state index contributed by atoms with van der Waals surface area (Å²) in [5.41, 5.74) is 3.18. The molecule has 5 heteroatoms. The van der Waals surface area contributed by atoms with Crippen molar-refractivity contribution < 1.29 is 19.4 Å². The van der Waals surface area contributed by atoms with E-state index in [-0.39, 0.29) is 11.5 Å². The van der Waals surface area contributed by atoms with E-state index < -0.39 is 11.8 Å². The predicted octanol–water partition coefficient (Wildman–Crippen LogP) is 9.86. The zero-order valence-electron chi connectivity index (χ0n) is 29.2. The Labute approximate surface area is 279 Å². The summed E-state index contributed by atoms with van der Waals surface area (Å²) in [6, 6.07) is 4.52. The van der Waals surface area contributed by atoms with Gasteiger partial charge in [0.05, 0.1) is 12.2 Å². The van der Waals surface area contributed by atoms with Gasteiger partial charge in [-0.25, -0.2) is 4.79 Å². The molecular weight excluding hydrogens is 570 g/mol. The minimum atomic E-state index is -0.681. The fourth-order valence-corrected chi connectivity index (χ4v) is 11.2. The number of hydrogen-bond acceptors (Lipinski definition) is 5. The highest BCUT2D eigenvalue weighted by Crippen LogP contribution is 2.74. The van der Waals surface area contributed by atoms with Crippen LogP contribution in [0.25, 0.3) is 0 Å². The van der Waals surface area contributed by atoms with Gasteiger partial charge in [-0.05, 0) is 105 Å². The molecule has 46 heavy (non-hydrogen) atoms. The molecule has 7 atom stereocenters. The molecule has 1 aromatic rings. The standard InChI is InChI=1S/C41H63NO4/c1-3-4-5-6-7-8-9-10-11-12-13-14-15-16-25-45-39(43)46-34-20-19-31-26-35-41(44)22-21-29(2)37-33-27-32(33)36(34)38(31)40(37,41)23-24-42(35)28-30-17-18-30/h19-20,29-30,32-33,35,37,44H,3-18,21-28H2,1-2H3/t29?,32?,33?,35?,37-,40-,41?/m1/s1. The molecule has 5 nitrogen and oxygen atoms in total. The van der Waals surface area contributed by atoms with Gasteiger partial charge in [-0.15, -0.1) is 0 Å². The second kappa shape index (κ2) is 14.1. The summed E-state index contributed by atoms with van der Waals surface area (Å²) < 4.78 is 11.7. The van der Waals surface area contributed by atoms with Crippen LogP contribution < -0.4 is 4.74 Å². The first kappa shape index (κ1) is 32.9. The zero-order valence-corrected chi connectivity index (χ0v) is 29.2. The number of benzene rings is 1. The molecule has 1 aliphatic heterocycles. The topological polar surface area (TPSA) is 59.0 Å². The van der Waals surface area contributed by atoms with Gasteiger partial charge < -0.3 is 14.6 Å². The van der Waals surface area contributed by atoms with Crippen LogP contribution in [0, 0.1) is 23.7 Å². The average Bonchev–Trinajstić information content (AvgIpc) is 3.98. The number of likely N-dealkylation sites (tertiary alicyclic amines) is 1. The normalized spacial score (nSPS) is 33.7. The van der Waals surface area contributed by atoms with Crippen LogP contribution in [0.2, 0.25) is 0 Å². The molecule has 4 fully saturated rings. The zero-order chi connectivity index (χ0) is 31.7. The monoisotopic (exact) mass is 633 g/mol. The van der Waals surface area contributed by atoms with E-state index in [1.54, 1.807) is 0 Å². The van der Waals surface area contributed by atoms with Crippen LogP contribution in [0.15, 0.2) is 12.1 Å². The summed E-state index contributed by atoms with van der Waals surface area (Å²) in [7, 11) is 0. The Morgan fingerprint density at radius 2 is 1.59 bits per heavy atom. The van der Waals surface area contributed by atoms with Gasteiger partial charge >= 0.3 is 6.16 Å². The number of fused-ring (bicyclic) bond motifs is 3. The third-order valence-corrected chi connectivity index (χ3v) is 13.6. The van der Waals surface area contributed by atoms with Crippen molar-refractivity contribution >= 4 is 6.16 Å². The fraction of sp³-hybridized carbons (Fsp3) is 0.829. The molecule has 0 radical (unpaired) electrons. The Hall–Kier alpha value is -1.59. The summed E-state index contributed by atoms with van der Waals surface area (Å²) in [5.74, 6) is 3.78. The number of ether oxygens (including phenoxy) is 2. The average molecular weight is 634 g/mol. The minimum Gasteiger partial charge on any atom is -0.434 e. The lowest BCUT2D eigenvalue weighted by molar-refractivity contribution is -0.202. The Morgan fingerprint density at radius 1 is 0.913 bits per heavy atom. The maximum atomic E-state index is 13.0. The first-order valence-electron chi connectivity index (χ1n) is 19.9. The van der Waals surface area contributed by atoms with Gasteiger partial charge in [-0.1, -0.05) is 103 Å². The van der Waals surface area contributed by atoms with Gasteiger partial charge in [0.15, 0.2) is 0 Å². The maximum Gasteiger partial charge on any atom is 0.513 e. The molecule has 5 unspecified atom stereocenters. The molecule has 1 saturated heterocycles. The highest BCUT2D eigenvalue weighted by atomic mass is 16.7. The van der Waals surface area contributed by atoms with Crippen LogP contribution in [0.3, 0.4) is 0 Å². The Bertz CT molecular complexity index is 1210. The number of hydrogen-bond donors (Lipinski definition) is 1. The van der Waals surface area contributed by atoms with Gasteiger partial charge in [0, 0.05) is 23.6 Å². The smallest absolute Gasteiger partial charge is 0.434 e. The number of nitrogens with zero attached hydrogens (tertiary/aromatic N) is 1. The molecule has 3 saturated carbocycles. The lowest BCUT2D eigenvalue weighted by Crippen LogP contribution is -2.76. The second-order valence-electron chi connectivity index (χ2n) is 16.7.